The Kier molecular flexibility index (Phi) is 3.79. The molecule has 1 nitrogen and oxygen atoms in total. The van der Waals surface area contributed by atoms with Gasteiger partial charge in [-0.2, -0.15) is 0 Å². The summed E-state index contributed by atoms with van der Waals surface area (Å²) in [4.78, 5) is 0. The van der Waals surface area contributed by atoms with Crippen LogP contribution in [0.4, 0.5) is 0 Å². The quantitative estimate of drug-likeness (QED) is 0.829. The lowest BCUT2D eigenvalue weighted by atomic mass is 9.80. The van der Waals surface area contributed by atoms with Gasteiger partial charge in [0.2, 0.25) is 0 Å². The third kappa shape index (κ3) is 2.60. The summed E-state index contributed by atoms with van der Waals surface area (Å²) in [5.74, 6) is 0. The highest BCUT2D eigenvalue weighted by atomic mass is 14.9. The molecule has 0 saturated carbocycles. The molecule has 2 aromatic rings. The molecule has 0 radical (unpaired) electrons. The molecule has 0 spiro atoms. The fraction of sp³-hybridized carbons (Fsp3) is 0.500. The van der Waals surface area contributed by atoms with E-state index in [0.29, 0.717) is 6.04 Å². The summed E-state index contributed by atoms with van der Waals surface area (Å²) in [5, 5.41) is 6.77. The molecule has 0 amide bonds. The van der Waals surface area contributed by atoms with Crippen molar-refractivity contribution in [2.45, 2.75) is 53.0 Å². The molecule has 1 N–H and O–H groups in total. The molecule has 3 rings (SSSR count). The zero-order chi connectivity index (χ0) is 15.0. The number of hydrogen-bond acceptors (Lipinski definition) is 1. The molecular weight excluding hydrogens is 254 g/mol. The topological polar surface area (TPSA) is 12.0 Å². The first-order chi connectivity index (χ1) is 10.0. The van der Waals surface area contributed by atoms with Crippen LogP contribution < -0.4 is 5.32 Å². The largest absolute Gasteiger partial charge is 0.309 e. The van der Waals surface area contributed by atoms with E-state index >= 15 is 0 Å². The lowest BCUT2D eigenvalue weighted by molar-refractivity contribution is 0.275. The minimum atomic E-state index is 0.216. The first-order valence-electron chi connectivity index (χ1n) is 8.29. The standard InChI is InChI=1S/C20H27N/c1-5-13-21-19(20(2,3)4)17-12-11-15-10-9-14-7-6-8-16(17)18(14)15/h6-8,11-12,19,21H,5,9-10,13H2,1-4H3. The third-order valence-corrected chi connectivity index (χ3v) is 4.69. The van der Waals surface area contributed by atoms with E-state index in [9.17, 15) is 0 Å². The van der Waals surface area contributed by atoms with Gasteiger partial charge in [0.25, 0.3) is 0 Å². The van der Waals surface area contributed by atoms with E-state index in [1.807, 2.05) is 0 Å². The van der Waals surface area contributed by atoms with Crippen LogP contribution in [0.15, 0.2) is 30.3 Å². The Morgan fingerprint density at radius 1 is 1.05 bits per heavy atom. The fourth-order valence-electron chi connectivity index (χ4n) is 3.69. The smallest absolute Gasteiger partial charge is 0.0375 e. The summed E-state index contributed by atoms with van der Waals surface area (Å²) in [6.07, 6.45) is 3.59. The van der Waals surface area contributed by atoms with Crippen molar-refractivity contribution in [1.29, 1.82) is 0 Å². The Morgan fingerprint density at radius 3 is 2.43 bits per heavy atom. The van der Waals surface area contributed by atoms with Gasteiger partial charge in [-0.05, 0) is 58.7 Å². The van der Waals surface area contributed by atoms with Crippen LogP contribution >= 0.6 is 0 Å². The summed E-state index contributed by atoms with van der Waals surface area (Å²) >= 11 is 0. The van der Waals surface area contributed by atoms with Gasteiger partial charge in [0.1, 0.15) is 0 Å². The van der Waals surface area contributed by atoms with Gasteiger partial charge in [-0.25, -0.2) is 0 Å². The average Bonchev–Trinajstić information content (AvgIpc) is 2.85. The van der Waals surface area contributed by atoms with Crippen molar-refractivity contribution in [2.24, 2.45) is 5.41 Å². The van der Waals surface area contributed by atoms with E-state index in [4.69, 9.17) is 0 Å². The van der Waals surface area contributed by atoms with Gasteiger partial charge in [0.15, 0.2) is 0 Å². The minimum absolute atomic E-state index is 0.216. The molecule has 1 heteroatoms. The van der Waals surface area contributed by atoms with Crippen molar-refractivity contribution in [3.63, 3.8) is 0 Å². The minimum Gasteiger partial charge on any atom is -0.309 e. The second kappa shape index (κ2) is 5.46. The Labute approximate surface area is 128 Å². The van der Waals surface area contributed by atoms with Crippen LogP contribution in [0.3, 0.4) is 0 Å². The molecule has 0 saturated heterocycles. The van der Waals surface area contributed by atoms with Crippen molar-refractivity contribution >= 4 is 10.8 Å². The van der Waals surface area contributed by atoms with Crippen LogP contribution in [-0.4, -0.2) is 6.54 Å². The van der Waals surface area contributed by atoms with Gasteiger partial charge in [-0.1, -0.05) is 58.0 Å². The van der Waals surface area contributed by atoms with E-state index in [-0.39, 0.29) is 5.41 Å². The van der Waals surface area contributed by atoms with Crippen molar-refractivity contribution < 1.29 is 0 Å². The van der Waals surface area contributed by atoms with E-state index in [1.165, 1.54) is 46.7 Å². The Hall–Kier alpha value is -1.34. The van der Waals surface area contributed by atoms with Crippen LogP contribution in [0.25, 0.3) is 10.8 Å². The molecule has 0 heterocycles. The van der Waals surface area contributed by atoms with E-state index in [0.717, 1.165) is 6.54 Å². The number of hydrogen-bond donors (Lipinski definition) is 1. The fourth-order valence-corrected chi connectivity index (χ4v) is 3.69. The van der Waals surface area contributed by atoms with Crippen LogP contribution in [-0.2, 0) is 12.8 Å². The predicted octanol–water partition coefficient (Wildman–Crippen LogP) is 5.03. The number of rotatable bonds is 4. The molecular formula is C20H27N. The normalized spacial score (nSPS) is 15.6. The molecule has 112 valence electrons. The molecule has 0 aliphatic heterocycles. The summed E-state index contributed by atoms with van der Waals surface area (Å²) in [5.41, 5.74) is 4.76. The average molecular weight is 281 g/mol. The number of benzene rings is 2. The maximum absolute atomic E-state index is 3.78. The summed E-state index contributed by atoms with van der Waals surface area (Å²) in [6.45, 7) is 10.3. The van der Waals surface area contributed by atoms with Gasteiger partial charge in [-0.15, -0.1) is 0 Å². The third-order valence-electron chi connectivity index (χ3n) is 4.69. The van der Waals surface area contributed by atoms with E-state index in [2.05, 4.69) is 63.3 Å². The lowest BCUT2D eigenvalue weighted by Crippen LogP contribution is -2.33. The SMILES string of the molecule is CCCNC(c1ccc2c3c(cccc13)CC2)C(C)(C)C. The van der Waals surface area contributed by atoms with Crippen molar-refractivity contribution in [1.82, 2.24) is 5.32 Å². The van der Waals surface area contributed by atoms with Crippen molar-refractivity contribution in [3.8, 4) is 0 Å². The van der Waals surface area contributed by atoms with Gasteiger partial charge < -0.3 is 5.32 Å². The number of aryl methyl sites for hydroxylation is 2. The second-order valence-electron chi connectivity index (χ2n) is 7.41. The maximum atomic E-state index is 3.78. The highest BCUT2D eigenvalue weighted by molar-refractivity contribution is 5.93. The van der Waals surface area contributed by atoms with Crippen LogP contribution in [0, 0.1) is 5.41 Å². The summed E-state index contributed by atoms with van der Waals surface area (Å²) < 4.78 is 0. The maximum Gasteiger partial charge on any atom is 0.0375 e. The van der Waals surface area contributed by atoms with Gasteiger partial charge in [-0.3, -0.25) is 0 Å². The first-order valence-corrected chi connectivity index (χ1v) is 8.29. The molecule has 2 aromatic carbocycles. The van der Waals surface area contributed by atoms with Crippen LogP contribution in [0.5, 0.6) is 0 Å². The molecule has 0 fully saturated rings. The highest BCUT2D eigenvalue weighted by Gasteiger charge is 2.28. The lowest BCUT2D eigenvalue weighted by Gasteiger charge is -2.33. The summed E-state index contributed by atoms with van der Waals surface area (Å²) in [7, 11) is 0. The Balaban J connectivity index is 2.15. The van der Waals surface area contributed by atoms with E-state index < -0.39 is 0 Å². The molecule has 1 unspecified atom stereocenters. The summed E-state index contributed by atoms with van der Waals surface area (Å²) in [6, 6.07) is 12.0. The number of nitrogens with one attached hydrogen (secondary N) is 1. The second-order valence-corrected chi connectivity index (χ2v) is 7.41. The zero-order valence-corrected chi connectivity index (χ0v) is 13.8. The molecule has 21 heavy (non-hydrogen) atoms. The molecule has 1 aliphatic rings. The monoisotopic (exact) mass is 281 g/mol. The predicted molar refractivity (Wildman–Crippen MR) is 91.8 cm³/mol. The van der Waals surface area contributed by atoms with Gasteiger partial charge in [0.05, 0.1) is 0 Å². The van der Waals surface area contributed by atoms with Crippen LogP contribution in [0.1, 0.15) is 56.8 Å². The Morgan fingerprint density at radius 2 is 1.76 bits per heavy atom. The zero-order valence-electron chi connectivity index (χ0n) is 13.8. The van der Waals surface area contributed by atoms with Gasteiger partial charge >= 0.3 is 0 Å². The molecule has 1 atom stereocenters. The molecule has 0 bridgehead atoms. The Bertz CT molecular complexity index is 638. The highest BCUT2D eigenvalue weighted by Crippen LogP contribution is 2.40. The van der Waals surface area contributed by atoms with Crippen LogP contribution in [0.2, 0.25) is 0 Å². The van der Waals surface area contributed by atoms with E-state index in [1.54, 1.807) is 0 Å². The van der Waals surface area contributed by atoms with Gasteiger partial charge in [0, 0.05) is 6.04 Å². The van der Waals surface area contributed by atoms with Crippen molar-refractivity contribution in [3.05, 3.63) is 47.0 Å². The molecule has 1 aliphatic carbocycles. The first kappa shape index (κ1) is 14.6. The molecule has 0 aromatic heterocycles. The van der Waals surface area contributed by atoms with Crippen molar-refractivity contribution in [2.75, 3.05) is 6.54 Å².